The lowest BCUT2D eigenvalue weighted by atomic mass is 10.1. The molecular formula is C12H16BrNOS. The Morgan fingerprint density at radius 1 is 1.50 bits per heavy atom. The Hall–Kier alpha value is -0.480. The number of carbonyl (C=O) groups excluding carboxylic acids is 1. The third-order valence-electron chi connectivity index (χ3n) is 2.26. The topological polar surface area (TPSA) is 29.1 Å². The highest BCUT2D eigenvalue weighted by molar-refractivity contribution is 9.10. The van der Waals surface area contributed by atoms with Crippen LogP contribution in [0.4, 0.5) is 0 Å². The van der Waals surface area contributed by atoms with Crippen molar-refractivity contribution in [3.05, 3.63) is 33.8 Å². The molecule has 1 amide bonds. The first-order valence-electron chi connectivity index (χ1n) is 5.11. The van der Waals surface area contributed by atoms with Gasteiger partial charge in [-0.25, -0.2) is 0 Å². The normalized spacial score (nSPS) is 12.2. The maximum absolute atomic E-state index is 11.8. The predicted octanol–water partition coefficient (Wildman–Crippen LogP) is 3.24. The summed E-state index contributed by atoms with van der Waals surface area (Å²) in [6.07, 6.45) is 2.04. The SMILES string of the molecule is CSC(C)CNC(=O)c1cc(C)cc(Br)c1. The average molecular weight is 302 g/mol. The maximum atomic E-state index is 11.8. The molecule has 0 fully saturated rings. The van der Waals surface area contributed by atoms with Crippen LogP contribution >= 0.6 is 27.7 Å². The molecular weight excluding hydrogens is 286 g/mol. The molecule has 0 radical (unpaired) electrons. The third-order valence-corrected chi connectivity index (χ3v) is 3.69. The number of halogens is 1. The zero-order chi connectivity index (χ0) is 12.1. The van der Waals surface area contributed by atoms with Gasteiger partial charge in [0.1, 0.15) is 0 Å². The van der Waals surface area contributed by atoms with E-state index in [1.807, 2.05) is 31.4 Å². The zero-order valence-corrected chi connectivity index (χ0v) is 12.1. The van der Waals surface area contributed by atoms with E-state index in [-0.39, 0.29) is 5.91 Å². The molecule has 0 aliphatic rings. The summed E-state index contributed by atoms with van der Waals surface area (Å²) in [6.45, 7) is 4.77. The van der Waals surface area contributed by atoms with Gasteiger partial charge < -0.3 is 5.32 Å². The molecule has 0 saturated heterocycles. The number of benzene rings is 1. The van der Waals surface area contributed by atoms with Crippen LogP contribution in [0.25, 0.3) is 0 Å². The van der Waals surface area contributed by atoms with Crippen molar-refractivity contribution < 1.29 is 4.79 Å². The monoisotopic (exact) mass is 301 g/mol. The molecule has 16 heavy (non-hydrogen) atoms. The van der Waals surface area contributed by atoms with Crippen molar-refractivity contribution in [2.24, 2.45) is 0 Å². The van der Waals surface area contributed by atoms with Crippen LogP contribution in [-0.4, -0.2) is 24.0 Å². The van der Waals surface area contributed by atoms with E-state index >= 15 is 0 Å². The number of carbonyl (C=O) groups is 1. The first-order valence-corrected chi connectivity index (χ1v) is 7.19. The van der Waals surface area contributed by atoms with Gasteiger partial charge in [0, 0.05) is 21.8 Å². The quantitative estimate of drug-likeness (QED) is 0.925. The first-order chi connectivity index (χ1) is 7.52. The fourth-order valence-corrected chi connectivity index (χ4v) is 2.15. The Bertz CT molecular complexity index is 361. The fraction of sp³-hybridized carbons (Fsp3) is 0.417. The number of rotatable bonds is 4. The van der Waals surface area contributed by atoms with E-state index in [4.69, 9.17) is 0 Å². The highest BCUT2D eigenvalue weighted by atomic mass is 79.9. The van der Waals surface area contributed by atoms with Crippen LogP contribution < -0.4 is 5.32 Å². The summed E-state index contributed by atoms with van der Waals surface area (Å²) in [5.41, 5.74) is 1.79. The number of aryl methyl sites for hydroxylation is 1. The predicted molar refractivity (Wildman–Crippen MR) is 74.2 cm³/mol. The number of nitrogens with one attached hydrogen (secondary N) is 1. The number of hydrogen-bond donors (Lipinski definition) is 1. The Balaban J connectivity index is 2.66. The molecule has 88 valence electrons. The minimum absolute atomic E-state index is 0.00898. The van der Waals surface area contributed by atoms with Gasteiger partial charge in [-0.05, 0) is 36.9 Å². The summed E-state index contributed by atoms with van der Waals surface area (Å²) in [6, 6.07) is 5.72. The van der Waals surface area contributed by atoms with Crippen molar-refractivity contribution in [1.82, 2.24) is 5.32 Å². The molecule has 1 atom stereocenters. The third kappa shape index (κ3) is 4.18. The van der Waals surface area contributed by atoms with E-state index in [9.17, 15) is 4.79 Å². The first kappa shape index (κ1) is 13.6. The van der Waals surface area contributed by atoms with E-state index in [2.05, 4.69) is 28.2 Å². The Labute approximate surface area is 109 Å². The standard InChI is InChI=1S/C12H16BrNOS/c1-8-4-10(6-11(13)5-8)12(15)14-7-9(2)16-3/h4-6,9H,7H2,1-3H3,(H,14,15). The van der Waals surface area contributed by atoms with Gasteiger partial charge in [0.25, 0.3) is 5.91 Å². The maximum Gasteiger partial charge on any atom is 0.251 e. The van der Waals surface area contributed by atoms with Crippen LogP contribution in [0.15, 0.2) is 22.7 Å². The van der Waals surface area contributed by atoms with Gasteiger partial charge >= 0.3 is 0 Å². The minimum Gasteiger partial charge on any atom is -0.351 e. The molecule has 0 aliphatic carbocycles. The summed E-state index contributed by atoms with van der Waals surface area (Å²) in [7, 11) is 0. The molecule has 0 aliphatic heterocycles. The zero-order valence-electron chi connectivity index (χ0n) is 9.71. The van der Waals surface area contributed by atoms with Crippen molar-refractivity contribution in [2.45, 2.75) is 19.1 Å². The van der Waals surface area contributed by atoms with E-state index in [1.54, 1.807) is 11.8 Å². The number of thioether (sulfide) groups is 1. The highest BCUT2D eigenvalue weighted by Gasteiger charge is 2.08. The van der Waals surface area contributed by atoms with E-state index < -0.39 is 0 Å². The highest BCUT2D eigenvalue weighted by Crippen LogP contribution is 2.15. The van der Waals surface area contributed by atoms with Gasteiger partial charge in [-0.15, -0.1) is 0 Å². The molecule has 1 aromatic rings. The van der Waals surface area contributed by atoms with Crippen LogP contribution in [0.5, 0.6) is 0 Å². The van der Waals surface area contributed by atoms with E-state index in [1.165, 1.54) is 0 Å². The van der Waals surface area contributed by atoms with E-state index in [0.717, 1.165) is 10.0 Å². The van der Waals surface area contributed by atoms with Crippen LogP contribution in [-0.2, 0) is 0 Å². The Morgan fingerprint density at radius 2 is 2.19 bits per heavy atom. The smallest absolute Gasteiger partial charge is 0.251 e. The average Bonchev–Trinajstić information content (AvgIpc) is 2.23. The molecule has 2 nitrogen and oxygen atoms in total. The summed E-state index contributed by atoms with van der Waals surface area (Å²) in [4.78, 5) is 11.8. The largest absolute Gasteiger partial charge is 0.351 e. The molecule has 0 spiro atoms. The van der Waals surface area contributed by atoms with Crippen molar-refractivity contribution >= 4 is 33.6 Å². The van der Waals surface area contributed by atoms with E-state index in [0.29, 0.717) is 17.4 Å². The molecule has 0 aromatic heterocycles. The van der Waals surface area contributed by atoms with Crippen molar-refractivity contribution in [1.29, 1.82) is 0 Å². The second-order valence-corrected chi connectivity index (χ2v) is 5.97. The molecule has 0 bridgehead atoms. The van der Waals surface area contributed by atoms with Gasteiger partial charge in [0.2, 0.25) is 0 Å². The van der Waals surface area contributed by atoms with Crippen LogP contribution in [0, 0.1) is 6.92 Å². The summed E-state index contributed by atoms with van der Waals surface area (Å²) in [5.74, 6) is -0.00898. The van der Waals surface area contributed by atoms with Crippen LogP contribution in [0.1, 0.15) is 22.8 Å². The summed E-state index contributed by atoms with van der Waals surface area (Å²) >= 11 is 5.14. The Morgan fingerprint density at radius 3 is 2.75 bits per heavy atom. The number of amides is 1. The number of hydrogen-bond acceptors (Lipinski definition) is 2. The lowest BCUT2D eigenvalue weighted by Crippen LogP contribution is -2.29. The Kier molecular flexibility index (Phi) is 5.35. The minimum atomic E-state index is -0.00898. The molecule has 1 aromatic carbocycles. The molecule has 0 heterocycles. The van der Waals surface area contributed by atoms with Gasteiger partial charge in [-0.1, -0.05) is 22.9 Å². The fourth-order valence-electron chi connectivity index (χ4n) is 1.29. The van der Waals surface area contributed by atoms with Gasteiger partial charge in [0.05, 0.1) is 0 Å². The second kappa shape index (κ2) is 6.30. The van der Waals surface area contributed by atoms with Crippen LogP contribution in [0.2, 0.25) is 0 Å². The molecule has 1 N–H and O–H groups in total. The molecule has 4 heteroatoms. The lowest BCUT2D eigenvalue weighted by molar-refractivity contribution is 0.0954. The molecule has 0 saturated carbocycles. The van der Waals surface area contributed by atoms with Gasteiger partial charge in [-0.2, -0.15) is 11.8 Å². The van der Waals surface area contributed by atoms with Crippen LogP contribution in [0.3, 0.4) is 0 Å². The molecule has 1 rings (SSSR count). The van der Waals surface area contributed by atoms with Crippen molar-refractivity contribution in [3.8, 4) is 0 Å². The van der Waals surface area contributed by atoms with Gasteiger partial charge in [0.15, 0.2) is 0 Å². The summed E-state index contributed by atoms with van der Waals surface area (Å²) < 4.78 is 0.940. The summed E-state index contributed by atoms with van der Waals surface area (Å²) in [5, 5.41) is 3.37. The van der Waals surface area contributed by atoms with Crippen molar-refractivity contribution in [2.75, 3.05) is 12.8 Å². The second-order valence-electron chi connectivity index (χ2n) is 3.77. The molecule has 1 unspecified atom stereocenters. The lowest BCUT2D eigenvalue weighted by Gasteiger charge is -2.10. The van der Waals surface area contributed by atoms with Gasteiger partial charge in [-0.3, -0.25) is 4.79 Å². The van der Waals surface area contributed by atoms with Crippen molar-refractivity contribution in [3.63, 3.8) is 0 Å².